The summed E-state index contributed by atoms with van der Waals surface area (Å²) in [6, 6.07) is 0.996. The average molecular weight is 285 g/mol. The minimum atomic E-state index is -2.70. The molecule has 2 aromatic heterocycles. The zero-order chi connectivity index (χ0) is 14.7. The van der Waals surface area contributed by atoms with Crippen LogP contribution in [0.2, 0.25) is 0 Å². The van der Waals surface area contributed by atoms with Gasteiger partial charge >= 0.3 is 0 Å². The normalized spacial score (nSPS) is 11.3. The molecular formula is C11H13F2N5O2. The Hall–Kier alpha value is -2.32. The van der Waals surface area contributed by atoms with Gasteiger partial charge in [0.1, 0.15) is 11.4 Å². The van der Waals surface area contributed by atoms with Crippen molar-refractivity contribution in [2.75, 3.05) is 0 Å². The average Bonchev–Trinajstić information content (AvgIpc) is 3.05. The molecule has 2 N–H and O–H groups in total. The molecule has 2 heterocycles. The van der Waals surface area contributed by atoms with E-state index in [2.05, 4.69) is 25.7 Å². The van der Waals surface area contributed by atoms with Gasteiger partial charge in [-0.2, -0.15) is 10.1 Å². The Balaban J connectivity index is 1.93. The molecule has 0 unspecified atom stereocenters. The van der Waals surface area contributed by atoms with E-state index in [1.54, 1.807) is 0 Å². The van der Waals surface area contributed by atoms with Gasteiger partial charge < -0.3 is 9.84 Å². The van der Waals surface area contributed by atoms with Crippen LogP contribution >= 0.6 is 0 Å². The topological polar surface area (TPSA) is 96.7 Å². The molecule has 2 aromatic rings. The number of aromatic amines is 1. The number of hydrogen-bond donors (Lipinski definition) is 2. The molecule has 7 nitrogen and oxygen atoms in total. The molecule has 0 aliphatic carbocycles. The highest BCUT2D eigenvalue weighted by atomic mass is 19.3. The zero-order valence-electron chi connectivity index (χ0n) is 10.9. The van der Waals surface area contributed by atoms with Crippen molar-refractivity contribution in [2.45, 2.75) is 32.7 Å². The molecule has 0 fully saturated rings. The third kappa shape index (κ3) is 3.16. The predicted octanol–water partition coefficient (Wildman–Crippen LogP) is 1.78. The molecule has 0 bridgehead atoms. The summed E-state index contributed by atoms with van der Waals surface area (Å²) in [5.74, 6) is 0.275. The maximum atomic E-state index is 12.3. The fourth-order valence-corrected chi connectivity index (χ4v) is 1.39. The first kappa shape index (κ1) is 14.1. The van der Waals surface area contributed by atoms with Gasteiger partial charge in [0.25, 0.3) is 12.3 Å². The highest BCUT2D eigenvalue weighted by molar-refractivity contribution is 5.92. The number of halogens is 2. The lowest BCUT2D eigenvalue weighted by Gasteiger charge is -1.98. The maximum absolute atomic E-state index is 12.3. The van der Waals surface area contributed by atoms with Crippen molar-refractivity contribution >= 4 is 5.91 Å². The van der Waals surface area contributed by atoms with Crippen LogP contribution in [0.5, 0.6) is 0 Å². The SMILES string of the molecule is CC(C)c1nc(CNC(=O)c2cc(C(F)F)[nH]n2)no1. The smallest absolute Gasteiger partial charge is 0.279 e. The van der Waals surface area contributed by atoms with Gasteiger partial charge in [0.15, 0.2) is 5.82 Å². The summed E-state index contributed by atoms with van der Waals surface area (Å²) in [4.78, 5) is 15.7. The third-order valence-electron chi connectivity index (χ3n) is 2.45. The quantitative estimate of drug-likeness (QED) is 0.872. The van der Waals surface area contributed by atoms with Crippen LogP contribution in [-0.2, 0) is 6.54 Å². The molecule has 0 saturated heterocycles. The summed E-state index contributed by atoms with van der Waals surface area (Å²) in [6.07, 6.45) is -2.70. The van der Waals surface area contributed by atoms with Crippen molar-refractivity contribution in [3.8, 4) is 0 Å². The Labute approximate surface area is 112 Å². The van der Waals surface area contributed by atoms with Crippen molar-refractivity contribution in [1.29, 1.82) is 0 Å². The molecule has 2 rings (SSSR count). The Morgan fingerprint density at radius 1 is 1.50 bits per heavy atom. The van der Waals surface area contributed by atoms with E-state index in [1.165, 1.54) is 0 Å². The van der Waals surface area contributed by atoms with E-state index in [0.717, 1.165) is 6.07 Å². The van der Waals surface area contributed by atoms with Gasteiger partial charge in [0.2, 0.25) is 5.89 Å². The van der Waals surface area contributed by atoms with Crippen molar-refractivity contribution < 1.29 is 18.1 Å². The van der Waals surface area contributed by atoms with E-state index < -0.39 is 18.0 Å². The molecule has 9 heteroatoms. The molecule has 0 saturated carbocycles. The first-order valence-electron chi connectivity index (χ1n) is 5.91. The molecule has 0 spiro atoms. The van der Waals surface area contributed by atoms with Gasteiger partial charge in [0, 0.05) is 5.92 Å². The van der Waals surface area contributed by atoms with Gasteiger partial charge in [-0.15, -0.1) is 0 Å². The monoisotopic (exact) mass is 285 g/mol. The molecule has 108 valence electrons. The summed E-state index contributed by atoms with van der Waals surface area (Å²) in [5.41, 5.74) is -0.523. The Bertz CT molecular complexity index is 593. The van der Waals surface area contributed by atoms with Gasteiger partial charge in [-0.1, -0.05) is 19.0 Å². The van der Waals surface area contributed by atoms with Gasteiger partial charge in [-0.3, -0.25) is 9.89 Å². The molecule has 1 amide bonds. The molecule has 0 atom stereocenters. The second kappa shape index (κ2) is 5.76. The molecule has 0 radical (unpaired) electrons. The molecular weight excluding hydrogens is 272 g/mol. The van der Waals surface area contributed by atoms with Crippen LogP contribution in [0.15, 0.2) is 10.6 Å². The number of carbonyl (C=O) groups is 1. The summed E-state index contributed by atoms with van der Waals surface area (Å²) in [6.45, 7) is 3.82. The van der Waals surface area contributed by atoms with Crippen LogP contribution in [0.1, 0.15) is 54.1 Å². The van der Waals surface area contributed by atoms with Gasteiger partial charge in [0.05, 0.1) is 6.54 Å². The standard InChI is InChI=1S/C11H13F2N5O2/c1-5(2)11-15-8(18-20-11)4-14-10(19)7-3-6(9(12)13)16-17-7/h3,5,9H,4H2,1-2H3,(H,14,19)(H,16,17). The number of aromatic nitrogens is 4. The lowest BCUT2D eigenvalue weighted by atomic mass is 10.2. The van der Waals surface area contributed by atoms with Crippen molar-refractivity contribution in [3.05, 3.63) is 29.2 Å². The number of H-pyrrole nitrogens is 1. The van der Waals surface area contributed by atoms with Crippen LogP contribution in [0.4, 0.5) is 8.78 Å². The minimum absolute atomic E-state index is 0.0337. The summed E-state index contributed by atoms with van der Waals surface area (Å²) < 4.78 is 29.6. The van der Waals surface area contributed by atoms with Crippen LogP contribution in [0, 0.1) is 0 Å². The summed E-state index contributed by atoms with van der Waals surface area (Å²) in [5, 5.41) is 11.8. The Kier molecular flexibility index (Phi) is 4.06. The number of hydrogen-bond acceptors (Lipinski definition) is 5. The van der Waals surface area contributed by atoms with Crippen LogP contribution in [-0.4, -0.2) is 26.2 Å². The number of amides is 1. The van der Waals surface area contributed by atoms with Gasteiger partial charge in [-0.25, -0.2) is 8.78 Å². The van der Waals surface area contributed by atoms with Crippen molar-refractivity contribution in [2.24, 2.45) is 0 Å². The summed E-state index contributed by atoms with van der Waals surface area (Å²) >= 11 is 0. The largest absolute Gasteiger partial charge is 0.343 e. The minimum Gasteiger partial charge on any atom is -0.343 e. The fourth-order valence-electron chi connectivity index (χ4n) is 1.39. The number of alkyl halides is 2. The molecule has 0 aromatic carbocycles. The van der Waals surface area contributed by atoms with E-state index in [9.17, 15) is 13.6 Å². The van der Waals surface area contributed by atoms with E-state index in [4.69, 9.17) is 4.52 Å². The van der Waals surface area contributed by atoms with Crippen LogP contribution in [0.25, 0.3) is 0 Å². The van der Waals surface area contributed by atoms with Crippen molar-refractivity contribution in [1.82, 2.24) is 25.7 Å². The molecule has 0 aliphatic heterocycles. The second-order valence-corrected chi connectivity index (χ2v) is 4.40. The highest BCUT2D eigenvalue weighted by Crippen LogP contribution is 2.16. The van der Waals surface area contributed by atoms with Crippen LogP contribution in [0.3, 0.4) is 0 Å². The first-order valence-corrected chi connectivity index (χ1v) is 5.91. The fraction of sp³-hybridized carbons (Fsp3) is 0.455. The number of nitrogens with zero attached hydrogens (tertiary/aromatic N) is 3. The number of rotatable bonds is 5. The van der Waals surface area contributed by atoms with Crippen LogP contribution < -0.4 is 5.32 Å². The number of carbonyl (C=O) groups excluding carboxylic acids is 1. The third-order valence-corrected chi connectivity index (χ3v) is 2.45. The molecule has 20 heavy (non-hydrogen) atoms. The zero-order valence-corrected chi connectivity index (χ0v) is 10.9. The van der Waals surface area contributed by atoms with Gasteiger partial charge in [-0.05, 0) is 6.07 Å². The lowest BCUT2D eigenvalue weighted by Crippen LogP contribution is -2.23. The number of nitrogens with one attached hydrogen (secondary N) is 2. The lowest BCUT2D eigenvalue weighted by molar-refractivity contribution is 0.0944. The first-order chi connectivity index (χ1) is 9.47. The van der Waals surface area contributed by atoms with Crippen molar-refractivity contribution in [3.63, 3.8) is 0 Å². The van der Waals surface area contributed by atoms with E-state index in [0.29, 0.717) is 11.7 Å². The Morgan fingerprint density at radius 3 is 2.80 bits per heavy atom. The Morgan fingerprint density at radius 2 is 2.25 bits per heavy atom. The predicted molar refractivity (Wildman–Crippen MR) is 63.1 cm³/mol. The second-order valence-electron chi connectivity index (χ2n) is 4.40. The summed E-state index contributed by atoms with van der Waals surface area (Å²) in [7, 11) is 0. The highest BCUT2D eigenvalue weighted by Gasteiger charge is 2.16. The maximum Gasteiger partial charge on any atom is 0.279 e. The van der Waals surface area contributed by atoms with E-state index >= 15 is 0 Å². The van der Waals surface area contributed by atoms with E-state index in [1.807, 2.05) is 13.8 Å². The van der Waals surface area contributed by atoms with E-state index in [-0.39, 0.29) is 18.2 Å². The molecule has 0 aliphatic rings.